The summed E-state index contributed by atoms with van der Waals surface area (Å²) in [5, 5.41) is 0. The van der Waals surface area contributed by atoms with Gasteiger partial charge in [-0.3, -0.25) is 9.69 Å². The Morgan fingerprint density at radius 1 is 1.00 bits per heavy atom. The minimum Gasteiger partial charge on any atom is -0.342 e. The van der Waals surface area contributed by atoms with Crippen molar-refractivity contribution < 1.29 is 4.79 Å². The van der Waals surface area contributed by atoms with Crippen LogP contribution < -0.4 is 5.73 Å². The molecule has 0 aromatic rings. The first kappa shape index (κ1) is 16.7. The van der Waals surface area contributed by atoms with Gasteiger partial charge in [0.25, 0.3) is 0 Å². The molecule has 2 fully saturated rings. The molecule has 2 N–H and O–H groups in total. The van der Waals surface area contributed by atoms with Gasteiger partial charge in [-0.05, 0) is 32.2 Å². The first-order valence-corrected chi connectivity index (χ1v) is 7.53. The quantitative estimate of drug-likeness (QED) is 0.859. The zero-order valence-corrected chi connectivity index (χ0v) is 12.7. The van der Waals surface area contributed by atoms with Gasteiger partial charge >= 0.3 is 0 Å². The minimum absolute atomic E-state index is 0. The lowest BCUT2D eigenvalue weighted by atomic mass is 10.0. The van der Waals surface area contributed by atoms with Crippen molar-refractivity contribution in [1.29, 1.82) is 0 Å². The standard InChI is InChI=1S/C14H27N3O.ClH/c15-11-13-7-3-6-10-17(13)12-14(18)16-8-4-1-2-5-9-16;/h13H,1-12,15H2;1H. The molecule has 0 bridgehead atoms. The number of rotatable bonds is 3. The van der Waals surface area contributed by atoms with Crippen molar-refractivity contribution in [3.63, 3.8) is 0 Å². The lowest BCUT2D eigenvalue weighted by Gasteiger charge is -2.35. The number of nitrogens with zero attached hydrogens (tertiary/aromatic N) is 2. The lowest BCUT2D eigenvalue weighted by molar-refractivity contribution is -0.133. The molecular formula is C14H28ClN3O. The van der Waals surface area contributed by atoms with E-state index < -0.39 is 0 Å². The van der Waals surface area contributed by atoms with Crippen LogP contribution in [0.5, 0.6) is 0 Å². The van der Waals surface area contributed by atoms with Crippen LogP contribution in [0.15, 0.2) is 0 Å². The normalized spacial score (nSPS) is 25.5. The van der Waals surface area contributed by atoms with Gasteiger partial charge in [0.15, 0.2) is 0 Å². The largest absolute Gasteiger partial charge is 0.342 e. The number of amides is 1. The Balaban J connectivity index is 0.00000180. The Bertz CT molecular complexity index is 267. The van der Waals surface area contributed by atoms with Gasteiger partial charge in [-0.15, -0.1) is 12.4 Å². The van der Waals surface area contributed by atoms with E-state index in [1.54, 1.807) is 0 Å². The summed E-state index contributed by atoms with van der Waals surface area (Å²) >= 11 is 0. The van der Waals surface area contributed by atoms with Crippen molar-refractivity contribution in [2.45, 2.75) is 51.0 Å². The van der Waals surface area contributed by atoms with Gasteiger partial charge in [-0.2, -0.15) is 0 Å². The molecule has 5 heteroatoms. The van der Waals surface area contributed by atoms with Gasteiger partial charge in [0.2, 0.25) is 5.91 Å². The van der Waals surface area contributed by atoms with E-state index >= 15 is 0 Å². The number of carbonyl (C=O) groups excluding carboxylic acids is 1. The summed E-state index contributed by atoms with van der Waals surface area (Å²) in [4.78, 5) is 16.7. The van der Waals surface area contributed by atoms with Crippen LogP contribution in [0.2, 0.25) is 0 Å². The Morgan fingerprint density at radius 2 is 1.63 bits per heavy atom. The fourth-order valence-electron chi connectivity index (χ4n) is 3.13. The third-order valence-corrected chi connectivity index (χ3v) is 4.32. The molecular weight excluding hydrogens is 262 g/mol. The first-order chi connectivity index (χ1) is 8.81. The maximum atomic E-state index is 12.3. The second-order valence-electron chi connectivity index (χ2n) is 5.65. The SMILES string of the molecule is Cl.NCC1CCCCN1CC(=O)N1CCCCCC1. The van der Waals surface area contributed by atoms with Gasteiger partial charge in [0.05, 0.1) is 6.54 Å². The Kier molecular flexibility index (Phi) is 7.73. The van der Waals surface area contributed by atoms with Crippen molar-refractivity contribution in [3.8, 4) is 0 Å². The van der Waals surface area contributed by atoms with Crippen LogP contribution in [0.3, 0.4) is 0 Å². The van der Waals surface area contributed by atoms with Crippen molar-refractivity contribution in [1.82, 2.24) is 9.80 Å². The van der Waals surface area contributed by atoms with Crippen LogP contribution in [0, 0.1) is 0 Å². The molecule has 1 amide bonds. The first-order valence-electron chi connectivity index (χ1n) is 7.53. The molecule has 4 nitrogen and oxygen atoms in total. The predicted octanol–water partition coefficient (Wildman–Crippen LogP) is 1.62. The summed E-state index contributed by atoms with van der Waals surface area (Å²) in [7, 11) is 0. The molecule has 0 aromatic heterocycles. The maximum absolute atomic E-state index is 12.3. The van der Waals surface area contributed by atoms with Gasteiger partial charge in [-0.1, -0.05) is 19.3 Å². The van der Waals surface area contributed by atoms with E-state index in [9.17, 15) is 4.79 Å². The molecule has 112 valence electrons. The molecule has 2 aliphatic heterocycles. The van der Waals surface area contributed by atoms with Crippen molar-refractivity contribution >= 4 is 18.3 Å². The fraction of sp³-hybridized carbons (Fsp3) is 0.929. The highest BCUT2D eigenvalue weighted by atomic mass is 35.5. The second kappa shape index (κ2) is 8.77. The lowest BCUT2D eigenvalue weighted by Crippen LogP contribution is -2.49. The third kappa shape index (κ3) is 4.93. The van der Waals surface area contributed by atoms with Crippen molar-refractivity contribution in [2.75, 3.05) is 32.7 Å². The van der Waals surface area contributed by atoms with Gasteiger partial charge in [0, 0.05) is 25.7 Å². The van der Waals surface area contributed by atoms with Crippen LogP contribution in [0.1, 0.15) is 44.9 Å². The van der Waals surface area contributed by atoms with Crippen molar-refractivity contribution in [2.24, 2.45) is 5.73 Å². The molecule has 1 atom stereocenters. The monoisotopic (exact) mass is 289 g/mol. The van der Waals surface area contributed by atoms with Gasteiger partial charge in [-0.25, -0.2) is 0 Å². The molecule has 0 spiro atoms. The number of hydrogen-bond acceptors (Lipinski definition) is 3. The van der Waals surface area contributed by atoms with E-state index in [4.69, 9.17) is 5.73 Å². The number of hydrogen-bond donors (Lipinski definition) is 1. The summed E-state index contributed by atoms with van der Waals surface area (Å²) in [6.07, 6.45) is 8.53. The topological polar surface area (TPSA) is 49.6 Å². The summed E-state index contributed by atoms with van der Waals surface area (Å²) in [6.45, 7) is 4.23. The molecule has 0 saturated carbocycles. The molecule has 2 aliphatic rings. The van der Waals surface area contributed by atoms with Gasteiger partial charge in [0.1, 0.15) is 0 Å². The molecule has 2 saturated heterocycles. The second-order valence-corrected chi connectivity index (χ2v) is 5.65. The molecule has 2 heterocycles. The summed E-state index contributed by atoms with van der Waals surface area (Å²) in [5.74, 6) is 0.317. The third-order valence-electron chi connectivity index (χ3n) is 4.32. The van der Waals surface area contributed by atoms with E-state index in [2.05, 4.69) is 9.80 Å². The Morgan fingerprint density at radius 3 is 2.26 bits per heavy atom. The predicted molar refractivity (Wildman–Crippen MR) is 80.6 cm³/mol. The van der Waals surface area contributed by atoms with E-state index in [-0.39, 0.29) is 12.4 Å². The average molecular weight is 290 g/mol. The zero-order valence-electron chi connectivity index (χ0n) is 11.9. The van der Waals surface area contributed by atoms with Crippen molar-refractivity contribution in [3.05, 3.63) is 0 Å². The summed E-state index contributed by atoms with van der Waals surface area (Å²) < 4.78 is 0. The highest BCUT2D eigenvalue weighted by Gasteiger charge is 2.25. The molecule has 0 aromatic carbocycles. The number of piperidine rings is 1. The fourth-order valence-corrected chi connectivity index (χ4v) is 3.13. The molecule has 1 unspecified atom stereocenters. The van der Waals surface area contributed by atoms with E-state index in [0.29, 0.717) is 25.0 Å². The van der Waals surface area contributed by atoms with Crippen LogP contribution >= 0.6 is 12.4 Å². The van der Waals surface area contributed by atoms with E-state index in [0.717, 1.165) is 26.1 Å². The summed E-state index contributed by atoms with van der Waals surface area (Å²) in [5.41, 5.74) is 5.81. The van der Waals surface area contributed by atoms with Gasteiger partial charge < -0.3 is 10.6 Å². The number of likely N-dealkylation sites (tertiary alicyclic amines) is 2. The molecule has 2 rings (SSSR count). The minimum atomic E-state index is 0. The Hall–Kier alpha value is -0.320. The van der Waals surface area contributed by atoms with Crippen LogP contribution in [0.25, 0.3) is 0 Å². The highest BCUT2D eigenvalue weighted by Crippen LogP contribution is 2.17. The molecule has 19 heavy (non-hydrogen) atoms. The average Bonchev–Trinajstić information content (AvgIpc) is 2.68. The summed E-state index contributed by atoms with van der Waals surface area (Å²) in [6, 6.07) is 0.426. The van der Waals surface area contributed by atoms with Crippen LogP contribution in [-0.2, 0) is 4.79 Å². The Labute approximate surface area is 123 Å². The molecule has 0 aliphatic carbocycles. The molecule has 0 radical (unpaired) electrons. The number of nitrogens with two attached hydrogens (primary N) is 1. The smallest absolute Gasteiger partial charge is 0.236 e. The zero-order chi connectivity index (χ0) is 12.8. The highest BCUT2D eigenvalue weighted by molar-refractivity contribution is 5.85. The van der Waals surface area contributed by atoms with Crippen LogP contribution in [-0.4, -0.2) is 54.5 Å². The number of halogens is 1. The number of carbonyl (C=O) groups is 1. The van der Waals surface area contributed by atoms with Crippen LogP contribution in [0.4, 0.5) is 0 Å². The van der Waals surface area contributed by atoms with E-state index in [1.165, 1.54) is 38.5 Å². The maximum Gasteiger partial charge on any atom is 0.236 e. The van der Waals surface area contributed by atoms with E-state index in [1.807, 2.05) is 0 Å².